The van der Waals surface area contributed by atoms with Gasteiger partial charge in [0, 0.05) is 63.8 Å². The minimum absolute atomic E-state index is 0.116. The Labute approximate surface area is 233 Å². The van der Waals surface area contributed by atoms with E-state index in [4.69, 9.17) is 10.00 Å². The molecule has 1 aliphatic carbocycles. The number of carbonyl (C=O) groups excluding carboxylic acids is 1. The van der Waals surface area contributed by atoms with Crippen LogP contribution in [0.5, 0.6) is 5.88 Å². The Morgan fingerprint density at radius 2 is 1.85 bits per heavy atom. The van der Waals surface area contributed by atoms with Crippen molar-refractivity contribution < 1.29 is 9.53 Å². The molecule has 1 aromatic heterocycles. The number of likely N-dealkylation sites (tertiary alicyclic amines) is 1. The summed E-state index contributed by atoms with van der Waals surface area (Å²) in [5.41, 5.74) is 3.06. The first kappa shape index (κ1) is 27.5. The zero-order valence-corrected chi connectivity index (χ0v) is 23.6. The molecular formula is C32H43N5O2. The lowest BCUT2D eigenvalue weighted by atomic mass is 9.69. The monoisotopic (exact) mass is 529 g/mol. The Hall–Kier alpha value is -3.11. The third-order valence-corrected chi connectivity index (χ3v) is 8.95. The molecule has 0 N–H and O–H groups in total. The van der Waals surface area contributed by atoms with Crippen LogP contribution in [0, 0.1) is 35.0 Å². The summed E-state index contributed by atoms with van der Waals surface area (Å²) in [5, 5.41) is 9.08. The van der Waals surface area contributed by atoms with Crippen LogP contribution in [0.3, 0.4) is 0 Å². The van der Waals surface area contributed by atoms with E-state index in [-0.39, 0.29) is 5.92 Å². The van der Waals surface area contributed by atoms with Crippen molar-refractivity contribution in [1.29, 1.82) is 5.26 Å². The number of amides is 1. The standard InChI is InChI=1S/C32H43N5O2/c1-3-39-31-13-10-26(20-34-31)18-24(2)21-35-22-27-6-4-5-7-29(27)30(23-35)32(38)37-16-14-36(15-17-37)28-11-8-25(19-33)9-12-28/h8-13,20,24,27,29-30H,3-7,14-18,21-23H2,1-2H3/t24-,27+,29-,30+/m0/s1. The zero-order chi connectivity index (χ0) is 27.2. The van der Waals surface area contributed by atoms with Gasteiger partial charge in [-0.3, -0.25) is 4.79 Å². The third kappa shape index (κ3) is 6.73. The van der Waals surface area contributed by atoms with Gasteiger partial charge in [-0.2, -0.15) is 5.26 Å². The van der Waals surface area contributed by atoms with E-state index in [1.54, 1.807) is 0 Å². The van der Waals surface area contributed by atoms with E-state index in [1.807, 2.05) is 43.5 Å². The second-order valence-electron chi connectivity index (χ2n) is 11.8. The van der Waals surface area contributed by atoms with E-state index >= 15 is 0 Å². The molecule has 0 bridgehead atoms. The highest BCUT2D eigenvalue weighted by Crippen LogP contribution is 2.40. The number of nitriles is 1. The molecule has 208 valence electrons. The number of pyridine rings is 1. The van der Waals surface area contributed by atoms with Crippen LogP contribution in [-0.2, 0) is 11.2 Å². The lowest BCUT2D eigenvalue weighted by Crippen LogP contribution is -2.57. The highest BCUT2D eigenvalue weighted by Gasteiger charge is 2.43. The number of fused-ring (bicyclic) bond motifs is 1. The van der Waals surface area contributed by atoms with Crippen molar-refractivity contribution in [2.75, 3.05) is 57.3 Å². The second-order valence-corrected chi connectivity index (χ2v) is 11.8. The molecule has 0 unspecified atom stereocenters. The molecule has 0 radical (unpaired) electrons. The number of benzene rings is 1. The van der Waals surface area contributed by atoms with E-state index in [0.717, 1.165) is 57.9 Å². The van der Waals surface area contributed by atoms with Crippen molar-refractivity contribution in [3.05, 3.63) is 53.7 Å². The molecule has 2 aliphatic heterocycles. The maximum absolute atomic E-state index is 14.0. The third-order valence-electron chi connectivity index (χ3n) is 8.95. The van der Waals surface area contributed by atoms with Crippen LogP contribution in [-0.4, -0.2) is 73.1 Å². The first-order valence-corrected chi connectivity index (χ1v) is 14.9. The number of carbonyl (C=O) groups is 1. The molecule has 2 saturated heterocycles. The average molecular weight is 530 g/mol. The van der Waals surface area contributed by atoms with Gasteiger partial charge in [0.05, 0.1) is 24.2 Å². The lowest BCUT2D eigenvalue weighted by Gasteiger charge is -2.48. The van der Waals surface area contributed by atoms with Gasteiger partial charge < -0.3 is 19.4 Å². The summed E-state index contributed by atoms with van der Waals surface area (Å²) in [6.07, 6.45) is 7.95. The Balaban J connectivity index is 1.19. The second kappa shape index (κ2) is 12.8. The molecule has 2 aromatic rings. The van der Waals surface area contributed by atoms with Crippen molar-refractivity contribution in [3.8, 4) is 11.9 Å². The molecule has 3 fully saturated rings. The number of nitrogens with zero attached hydrogens (tertiary/aromatic N) is 5. The van der Waals surface area contributed by atoms with Gasteiger partial charge in [0.1, 0.15) is 0 Å². The van der Waals surface area contributed by atoms with Crippen LogP contribution < -0.4 is 9.64 Å². The molecule has 0 spiro atoms. The van der Waals surface area contributed by atoms with Gasteiger partial charge in [-0.05, 0) is 73.8 Å². The van der Waals surface area contributed by atoms with Crippen LogP contribution >= 0.6 is 0 Å². The predicted octanol–water partition coefficient (Wildman–Crippen LogP) is 4.62. The van der Waals surface area contributed by atoms with E-state index < -0.39 is 0 Å². The lowest BCUT2D eigenvalue weighted by molar-refractivity contribution is -0.142. The predicted molar refractivity (Wildman–Crippen MR) is 154 cm³/mol. The van der Waals surface area contributed by atoms with E-state index in [9.17, 15) is 4.79 Å². The Morgan fingerprint density at radius 1 is 1.08 bits per heavy atom. The molecule has 3 heterocycles. The molecule has 4 atom stereocenters. The molecule has 7 heteroatoms. The van der Waals surface area contributed by atoms with E-state index in [0.29, 0.717) is 41.7 Å². The van der Waals surface area contributed by atoms with Crippen LogP contribution in [0.4, 0.5) is 5.69 Å². The van der Waals surface area contributed by atoms with Gasteiger partial charge in [0.25, 0.3) is 0 Å². The first-order chi connectivity index (χ1) is 19.0. The van der Waals surface area contributed by atoms with E-state index in [2.05, 4.69) is 38.7 Å². The fraction of sp³-hybridized carbons (Fsp3) is 0.594. The number of piperazine rings is 1. The maximum atomic E-state index is 14.0. The van der Waals surface area contributed by atoms with Crippen LogP contribution in [0.25, 0.3) is 0 Å². The van der Waals surface area contributed by atoms with E-state index in [1.165, 1.54) is 31.2 Å². The summed E-state index contributed by atoms with van der Waals surface area (Å²) < 4.78 is 5.49. The Morgan fingerprint density at radius 3 is 2.54 bits per heavy atom. The van der Waals surface area contributed by atoms with Crippen LogP contribution in [0.15, 0.2) is 42.6 Å². The number of ether oxygens (including phenoxy) is 1. The normalized spacial score (nSPS) is 24.5. The van der Waals surface area contributed by atoms with Gasteiger partial charge in [-0.1, -0.05) is 25.8 Å². The van der Waals surface area contributed by atoms with Gasteiger partial charge in [0.2, 0.25) is 11.8 Å². The Bertz CT molecular complexity index is 1120. The SMILES string of the molecule is CCOc1ccc(C[C@H](C)CN2C[C@H]3CCCC[C@@H]3[C@H](C(=O)N3CCN(c4ccc(C#N)cc4)CC3)C2)cn1. The summed E-state index contributed by atoms with van der Waals surface area (Å²) in [4.78, 5) is 25.5. The summed E-state index contributed by atoms with van der Waals surface area (Å²) in [5.74, 6) is 2.85. The highest BCUT2D eigenvalue weighted by molar-refractivity contribution is 5.80. The molecule has 7 nitrogen and oxygen atoms in total. The zero-order valence-electron chi connectivity index (χ0n) is 23.6. The number of piperidine rings is 1. The minimum atomic E-state index is 0.116. The smallest absolute Gasteiger partial charge is 0.227 e. The van der Waals surface area contributed by atoms with Crippen molar-refractivity contribution in [3.63, 3.8) is 0 Å². The summed E-state index contributed by atoms with van der Waals surface area (Å²) in [7, 11) is 0. The van der Waals surface area contributed by atoms with Gasteiger partial charge in [0.15, 0.2) is 0 Å². The number of hydrogen-bond acceptors (Lipinski definition) is 6. The molecule has 1 saturated carbocycles. The number of hydrogen-bond donors (Lipinski definition) is 0. The van der Waals surface area contributed by atoms with Crippen LogP contribution in [0.1, 0.15) is 50.7 Å². The molecule has 1 amide bonds. The number of aromatic nitrogens is 1. The first-order valence-electron chi connectivity index (χ1n) is 14.9. The molecule has 3 aliphatic rings. The largest absolute Gasteiger partial charge is 0.478 e. The van der Waals surface area contributed by atoms with Crippen molar-refractivity contribution >= 4 is 11.6 Å². The van der Waals surface area contributed by atoms with Crippen molar-refractivity contribution in [1.82, 2.24) is 14.8 Å². The minimum Gasteiger partial charge on any atom is -0.478 e. The number of anilines is 1. The van der Waals surface area contributed by atoms with Gasteiger partial charge in [-0.15, -0.1) is 0 Å². The van der Waals surface area contributed by atoms with Gasteiger partial charge >= 0.3 is 0 Å². The maximum Gasteiger partial charge on any atom is 0.227 e. The number of rotatable bonds is 8. The van der Waals surface area contributed by atoms with Crippen molar-refractivity contribution in [2.45, 2.75) is 46.0 Å². The molecular weight excluding hydrogens is 486 g/mol. The molecule has 39 heavy (non-hydrogen) atoms. The quantitative estimate of drug-likeness (QED) is 0.497. The van der Waals surface area contributed by atoms with Crippen molar-refractivity contribution in [2.24, 2.45) is 23.7 Å². The molecule has 5 rings (SSSR count). The van der Waals surface area contributed by atoms with Gasteiger partial charge in [-0.25, -0.2) is 4.98 Å². The highest BCUT2D eigenvalue weighted by atomic mass is 16.5. The topological polar surface area (TPSA) is 72.7 Å². The van der Waals surface area contributed by atoms with Crippen LogP contribution in [0.2, 0.25) is 0 Å². The fourth-order valence-electron chi connectivity index (χ4n) is 7.06. The summed E-state index contributed by atoms with van der Waals surface area (Å²) in [6, 6.07) is 14.1. The summed E-state index contributed by atoms with van der Waals surface area (Å²) >= 11 is 0. The fourth-order valence-corrected chi connectivity index (χ4v) is 7.06. The molecule has 1 aromatic carbocycles. The Kier molecular flexibility index (Phi) is 9.03. The summed E-state index contributed by atoms with van der Waals surface area (Å²) in [6.45, 7) is 11.2. The average Bonchev–Trinajstić information content (AvgIpc) is 2.97.